The lowest BCUT2D eigenvalue weighted by molar-refractivity contribution is -0.290. The molecule has 99 heavy (non-hydrogen) atoms. The van der Waals surface area contributed by atoms with Crippen LogP contribution in [0.1, 0.15) is 163 Å². The van der Waals surface area contributed by atoms with E-state index in [1.807, 2.05) is 0 Å². The molecule has 13 rings (SSSR count). The SMILES string of the molecule is CN1C(=O)c2ccc(C(c3cc(N4C(=O)c5ccc(C(c6ccc7c(c6)C(=O)N(C)C7=O)(C(F)(F)F)C(F)(F)F)cc5C4=O)cc(N4C(=O)c5ccc(C(c6ccc7c(c6)C(=O)N(C)C7=O)(C(F)(F)F)C(F)(F)F)cc5C4=O)c3)(c3ccc4c(c3)C(=O)N(C)C4=O)C(F)(F)F)cc2C1=O. The van der Waals surface area contributed by atoms with Gasteiger partial charge >= 0.3 is 30.9 Å². The Morgan fingerprint density at radius 3 is 0.636 bits per heavy atom. The summed E-state index contributed by atoms with van der Waals surface area (Å²) in [7, 11) is 3.59. The van der Waals surface area contributed by atoms with Crippen LogP contribution in [0.3, 0.4) is 0 Å². The minimum Gasteiger partial charge on any atom is -0.277 e. The molecule has 6 heterocycles. The van der Waals surface area contributed by atoms with Crippen molar-refractivity contribution in [2.24, 2.45) is 0 Å². The van der Waals surface area contributed by atoms with Crippen molar-refractivity contribution < 1.29 is 123 Å². The normalized spacial score (nSPS) is 16.8. The third kappa shape index (κ3) is 8.46. The second-order valence-corrected chi connectivity index (χ2v) is 23.6. The lowest BCUT2D eigenvalue weighted by Gasteiger charge is -2.39. The third-order valence-corrected chi connectivity index (χ3v) is 18.7. The van der Waals surface area contributed by atoms with Crippen LogP contribution in [-0.4, -0.2) is 150 Å². The van der Waals surface area contributed by atoms with E-state index in [1.165, 1.54) is 0 Å². The standard InChI is InChI=1S/C66H33F15N6O12/c1-82-47(88)35-11-5-26(19-41(35)51(82)92)59(62(67,68)69,27-6-12-36-42(20-27)52(93)83(2)48(36)89)32-17-33(86-55(96)39-15-9-30(23-45(39)57(86)98)60(63(70,71)72,64(73,74)75)28-7-13-37-43(21-28)53(94)84(3)49(37)90)25-34(18-32)87-56(97)40-16-10-31(24-46(40)58(87)99)61(65(76,77)78,66(79,80)81)29-8-14-38-44(22-29)54(95)85(4)50(38)91/h5-25H,1-4H3. The van der Waals surface area contributed by atoms with Gasteiger partial charge in [0.15, 0.2) is 0 Å². The molecular formula is C66H33F15N6O12. The Balaban J connectivity index is 1.05. The highest BCUT2D eigenvalue weighted by atomic mass is 19.4. The Labute approximate surface area is 541 Å². The molecule has 18 nitrogen and oxygen atoms in total. The number of imide groups is 6. The van der Waals surface area contributed by atoms with Gasteiger partial charge in [-0.15, -0.1) is 0 Å². The molecule has 6 aliphatic heterocycles. The van der Waals surface area contributed by atoms with Crippen molar-refractivity contribution in [3.05, 3.63) is 233 Å². The highest BCUT2D eigenvalue weighted by Gasteiger charge is 2.75. The van der Waals surface area contributed by atoms with Crippen LogP contribution in [-0.2, 0) is 16.2 Å². The Bertz CT molecular complexity index is 4740. The summed E-state index contributed by atoms with van der Waals surface area (Å²) in [6.45, 7) is 0. The zero-order chi connectivity index (χ0) is 72.4. The number of alkyl halides is 15. The first-order valence-corrected chi connectivity index (χ1v) is 28.4. The first-order chi connectivity index (χ1) is 45.9. The van der Waals surface area contributed by atoms with Crippen LogP contribution in [0.4, 0.5) is 77.2 Å². The Kier molecular flexibility index (Phi) is 13.8. The molecule has 0 saturated heterocycles. The van der Waals surface area contributed by atoms with Crippen molar-refractivity contribution >= 4 is 82.3 Å². The molecule has 0 aliphatic carbocycles. The van der Waals surface area contributed by atoms with Gasteiger partial charge in [0.05, 0.1) is 78.1 Å². The number of benzene rings is 7. The topological polar surface area (TPSA) is 224 Å². The number of nitrogens with zero attached hydrogens (tertiary/aromatic N) is 6. The van der Waals surface area contributed by atoms with Crippen molar-refractivity contribution in [1.82, 2.24) is 19.6 Å². The number of halogens is 15. The van der Waals surface area contributed by atoms with E-state index in [4.69, 9.17) is 0 Å². The number of carbonyl (C=O) groups excluding carboxylic acids is 12. The second-order valence-electron chi connectivity index (χ2n) is 23.6. The molecule has 6 aliphatic rings. The summed E-state index contributed by atoms with van der Waals surface area (Å²) >= 11 is 0. The average Bonchev–Trinajstić information content (AvgIpc) is 1.70. The number of hydrogen-bond acceptors (Lipinski definition) is 12. The summed E-state index contributed by atoms with van der Waals surface area (Å²) in [5, 5.41) is 0. The van der Waals surface area contributed by atoms with Crippen molar-refractivity contribution in [2.75, 3.05) is 38.0 Å². The van der Waals surface area contributed by atoms with Crippen LogP contribution in [0.5, 0.6) is 0 Å². The van der Waals surface area contributed by atoms with E-state index < -0.39 is 235 Å². The van der Waals surface area contributed by atoms with E-state index in [0.717, 1.165) is 40.3 Å². The Hall–Kier alpha value is -11.7. The van der Waals surface area contributed by atoms with Gasteiger partial charge in [-0.05, 0) is 130 Å². The molecular weight excluding hydrogens is 1350 g/mol. The summed E-state index contributed by atoms with van der Waals surface area (Å²) in [6.07, 6.45) is -32.2. The molecule has 0 unspecified atom stereocenters. The van der Waals surface area contributed by atoms with Gasteiger partial charge in [-0.25, -0.2) is 9.80 Å². The van der Waals surface area contributed by atoms with E-state index >= 15 is 75.4 Å². The minimum absolute atomic E-state index is 0.0738. The predicted octanol–water partition coefficient (Wildman–Crippen LogP) is 10.9. The highest BCUT2D eigenvalue weighted by molar-refractivity contribution is 6.37. The van der Waals surface area contributed by atoms with Gasteiger partial charge in [0, 0.05) is 28.2 Å². The first-order valence-electron chi connectivity index (χ1n) is 28.4. The first kappa shape index (κ1) is 66.0. The summed E-state index contributed by atoms with van der Waals surface area (Å²) in [4.78, 5) is 167. The van der Waals surface area contributed by atoms with Crippen molar-refractivity contribution in [2.45, 2.75) is 47.1 Å². The number of hydrogen-bond donors (Lipinski definition) is 0. The molecule has 0 saturated carbocycles. The lowest BCUT2D eigenvalue weighted by Crippen LogP contribution is -2.55. The van der Waals surface area contributed by atoms with Crippen molar-refractivity contribution in [3.63, 3.8) is 0 Å². The largest absolute Gasteiger partial charge is 0.411 e. The van der Waals surface area contributed by atoms with Gasteiger partial charge in [-0.3, -0.25) is 77.1 Å². The van der Waals surface area contributed by atoms with E-state index in [1.54, 1.807) is 0 Å². The van der Waals surface area contributed by atoms with E-state index in [9.17, 15) is 47.9 Å². The fourth-order valence-corrected chi connectivity index (χ4v) is 13.8. The summed E-state index contributed by atoms with van der Waals surface area (Å²) < 4.78 is 242. The van der Waals surface area contributed by atoms with Gasteiger partial charge in [-0.2, -0.15) is 65.9 Å². The average molecular weight is 1390 g/mol. The second kappa shape index (κ2) is 20.7. The molecule has 0 radical (unpaired) electrons. The zero-order valence-corrected chi connectivity index (χ0v) is 49.9. The van der Waals surface area contributed by atoms with Crippen molar-refractivity contribution in [3.8, 4) is 0 Å². The van der Waals surface area contributed by atoms with Gasteiger partial charge < -0.3 is 0 Å². The number of fused-ring (bicyclic) bond motifs is 6. The Morgan fingerprint density at radius 1 is 0.212 bits per heavy atom. The summed E-state index contributed by atoms with van der Waals surface area (Å²) in [6, 6.07) is 6.77. The molecule has 0 atom stereocenters. The smallest absolute Gasteiger partial charge is 0.277 e. The van der Waals surface area contributed by atoms with Gasteiger partial charge in [-0.1, -0.05) is 36.4 Å². The minimum atomic E-state index is -6.54. The molecule has 7 aromatic carbocycles. The summed E-state index contributed by atoms with van der Waals surface area (Å²) in [5.74, 6) is -17.2. The molecule has 0 spiro atoms. The molecule has 504 valence electrons. The van der Waals surface area contributed by atoms with Gasteiger partial charge in [0.25, 0.3) is 70.9 Å². The lowest BCUT2D eigenvalue weighted by atomic mass is 9.67. The fraction of sp³-hybridized carbons (Fsp3) is 0.182. The third-order valence-electron chi connectivity index (χ3n) is 18.7. The fourth-order valence-electron chi connectivity index (χ4n) is 13.8. The maximum absolute atomic E-state index is 17.6. The number of amides is 12. The van der Waals surface area contributed by atoms with E-state index in [-0.39, 0.29) is 82.6 Å². The van der Waals surface area contributed by atoms with Crippen LogP contribution < -0.4 is 9.80 Å². The van der Waals surface area contributed by atoms with Crippen LogP contribution in [0.2, 0.25) is 0 Å². The van der Waals surface area contributed by atoms with Gasteiger partial charge in [0.1, 0.15) is 5.41 Å². The van der Waals surface area contributed by atoms with Gasteiger partial charge in [0.2, 0.25) is 10.8 Å². The molecule has 0 aromatic heterocycles. The highest BCUT2D eigenvalue weighted by Crippen LogP contribution is 2.60. The maximum atomic E-state index is 17.6. The maximum Gasteiger partial charge on any atom is 0.411 e. The number of rotatable bonds is 9. The Morgan fingerprint density at radius 2 is 0.404 bits per heavy atom. The van der Waals surface area contributed by atoms with Crippen molar-refractivity contribution in [1.29, 1.82) is 0 Å². The summed E-state index contributed by atoms with van der Waals surface area (Å²) in [5.41, 5.74) is -39.3. The molecule has 0 N–H and O–H groups in total. The molecule has 33 heteroatoms. The van der Waals surface area contributed by atoms with Crippen LogP contribution in [0.25, 0.3) is 0 Å². The monoisotopic (exact) mass is 1390 g/mol. The predicted molar refractivity (Wildman–Crippen MR) is 305 cm³/mol. The quantitative estimate of drug-likeness (QED) is 0.0748. The molecule has 0 fully saturated rings. The van der Waals surface area contributed by atoms with Crippen LogP contribution in [0, 0.1) is 0 Å². The molecule has 12 amide bonds. The van der Waals surface area contributed by atoms with Crippen LogP contribution >= 0.6 is 0 Å². The number of carbonyl (C=O) groups is 12. The number of anilines is 2. The van der Waals surface area contributed by atoms with E-state index in [2.05, 4.69) is 0 Å². The van der Waals surface area contributed by atoms with E-state index in [0.29, 0.717) is 62.1 Å². The zero-order valence-electron chi connectivity index (χ0n) is 49.9. The molecule has 0 bridgehead atoms. The van der Waals surface area contributed by atoms with Crippen LogP contribution in [0.15, 0.2) is 127 Å². The molecule has 7 aromatic rings.